The van der Waals surface area contributed by atoms with Crippen molar-refractivity contribution >= 4 is 17.6 Å². The lowest BCUT2D eigenvalue weighted by atomic mass is 10.2. The van der Waals surface area contributed by atoms with Crippen LogP contribution < -0.4 is 30.6 Å². The predicted octanol–water partition coefficient (Wildman–Crippen LogP) is 1.59. The number of nitrogens with two attached hydrogens (primary N) is 1. The van der Waals surface area contributed by atoms with E-state index in [1.54, 1.807) is 39.5 Å². The Kier molecular flexibility index (Phi) is 6.31. The molecule has 9 heteroatoms. The second-order valence-electron chi connectivity index (χ2n) is 5.09. The minimum Gasteiger partial charge on any atom is -0.493 e. The van der Waals surface area contributed by atoms with Crippen LogP contribution in [0.4, 0.5) is 5.69 Å². The van der Waals surface area contributed by atoms with Crippen molar-refractivity contribution in [2.75, 3.05) is 33.7 Å². The zero-order valence-electron chi connectivity index (χ0n) is 15.1. The summed E-state index contributed by atoms with van der Waals surface area (Å²) in [5, 5.41) is 6.19. The maximum absolute atomic E-state index is 11.1. The normalized spacial score (nSPS) is 11.0. The molecule has 0 aliphatic carbocycles. The first-order chi connectivity index (χ1) is 12.5. The maximum Gasteiger partial charge on any atom is 0.284 e. The van der Waals surface area contributed by atoms with Crippen molar-refractivity contribution in [2.45, 2.75) is 6.54 Å². The zero-order chi connectivity index (χ0) is 19.1. The predicted molar refractivity (Wildman–Crippen MR) is 97.1 cm³/mol. The summed E-state index contributed by atoms with van der Waals surface area (Å²) in [7, 11) is 6.25. The fourth-order valence-electron chi connectivity index (χ4n) is 2.25. The Morgan fingerprint density at radius 3 is 2.27 bits per heavy atom. The van der Waals surface area contributed by atoms with Crippen LogP contribution in [0.15, 0.2) is 33.7 Å². The van der Waals surface area contributed by atoms with E-state index in [9.17, 15) is 4.79 Å². The van der Waals surface area contributed by atoms with Gasteiger partial charge in [0, 0.05) is 24.9 Å². The summed E-state index contributed by atoms with van der Waals surface area (Å²) in [5.74, 6) is 2.05. The Bertz CT molecular complexity index is 775. The van der Waals surface area contributed by atoms with Gasteiger partial charge in [-0.2, -0.15) is 0 Å². The number of hydrogen-bond acceptors (Lipinski definition) is 6. The average Bonchev–Trinajstić information content (AvgIpc) is 3.13. The van der Waals surface area contributed by atoms with Gasteiger partial charge >= 0.3 is 0 Å². The summed E-state index contributed by atoms with van der Waals surface area (Å²) in [6.45, 7) is 0.317. The van der Waals surface area contributed by atoms with E-state index in [-0.39, 0.29) is 5.76 Å². The molecule has 26 heavy (non-hydrogen) atoms. The quantitative estimate of drug-likeness (QED) is 0.505. The largest absolute Gasteiger partial charge is 0.493 e. The molecule has 0 saturated carbocycles. The summed E-state index contributed by atoms with van der Waals surface area (Å²) < 4.78 is 21.3. The first-order valence-electron chi connectivity index (χ1n) is 7.68. The summed E-state index contributed by atoms with van der Waals surface area (Å²) in [6, 6.07) is 6.70. The molecule has 1 amide bonds. The summed E-state index contributed by atoms with van der Waals surface area (Å²) in [4.78, 5) is 15.2. The number of guanidine groups is 1. The minimum atomic E-state index is -0.615. The van der Waals surface area contributed by atoms with E-state index >= 15 is 0 Å². The van der Waals surface area contributed by atoms with Crippen LogP contribution in [0.1, 0.15) is 16.3 Å². The monoisotopic (exact) mass is 362 g/mol. The van der Waals surface area contributed by atoms with Crippen molar-refractivity contribution in [3.63, 3.8) is 0 Å². The van der Waals surface area contributed by atoms with Crippen LogP contribution >= 0.6 is 0 Å². The lowest BCUT2D eigenvalue weighted by Gasteiger charge is -2.16. The van der Waals surface area contributed by atoms with Gasteiger partial charge in [0.1, 0.15) is 5.76 Å². The molecular formula is C17H22N4O5. The van der Waals surface area contributed by atoms with Crippen molar-refractivity contribution in [2.24, 2.45) is 10.7 Å². The molecule has 0 bridgehead atoms. The van der Waals surface area contributed by atoms with Crippen LogP contribution in [0.5, 0.6) is 17.2 Å². The number of anilines is 1. The minimum absolute atomic E-state index is 0.106. The molecule has 0 atom stereocenters. The number of carbonyl (C=O) groups is 1. The molecule has 0 saturated heterocycles. The molecule has 4 N–H and O–H groups in total. The Balaban J connectivity index is 2.10. The van der Waals surface area contributed by atoms with Gasteiger partial charge in [0.2, 0.25) is 5.75 Å². The number of amides is 1. The summed E-state index contributed by atoms with van der Waals surface area (Å²) in [5.41, 5.74) is 5.85. The number of nitrogens with one attached hydrogen (secondary N) is 2. The third-order valence-corrected chi connectivity index (χ3v) is 3.49. The van der Waals surface area contributed by atoms with E-state index in [1.807, 2.05) is 0 Å². The molecule has 0 spiro atoms. The van der Waals surface area contributed by atoms with Crippen LogP contribution in [0.2, 0.25) is 0 Å². The number of rotatable bonds is 7. The maximum atomic E-state index is 11.1. The molecule has 0 unspecified atom stereocenters. The van der Waals surface area contributed by atoms with Gasteiger partial charge in [0.25, 0.3) is 5.91 Å². The standard InChI is InChI=1S/C17H22N4O5/c1-19-17(20-9-11-5-6-12(26-11)16(18)22)21-10-7-13(23-2)15(25-4)14(8-10)24-3/h5-8H,9H2,1-4H3,(H2,18,22)(H2,19,20,21). The van der Waals surface area contributed by atoms with Crippen LogP contribution in [0.3, 0.4) is 0 Å². The van der Waals surface area contributed by atoms with E-state index in [0.29, 0.717) is 41.2 Å². The van der Waals surface area contributed by atoms with E-state index < -0.39 is 5.91 Å². The van der Waals surface area contributed by atoms with E-state index in [1.165, 1.54) is 13.2 Å². The molecule has 1 aromatic carbocycles. The van der Waals surface area contributed by atoms with Crippen molar-refractivity contribution in [3.8, 4) is 17.2 Å². The molecule has 2 aromatic rings. The van der Waals surface area contributed by atoms with Gasteiger partial charge in [-0.1, -0.05) is 0 Å². The Morgan fingerprint density at radius 2 is 1.81 bits per heavy atom. The molecule has 0 radical (unpaired) electrons. The number of furan rings is 1. The van der Waals surface area contributed by atoms with Gasteiger partial charge in [0.15, 0.2) is 23.2 Å². The molecule has 0 aliphatic rings. The van der Waals surface area contributed by atoms with Crippen molar-refractivity contribution in [1.82, 2.24) is 5.32 Å². The van der Waals surface area contributed by atoms with Crippen LogP contribution in [-0.2, 0) is 6.54 Å². The first-order valence-corrected chi connectivity index (χ1v) is 7.68. The highest BCUT2D eigenvalue weighted by molar-refractivity contribution is 5.94. The van der Waals surface area contributed by atoms with E-state index in [0.717, 1.165) is 0 Å². The van der Waals surface area contributed by atoms with Crippen molar-refractivity contribution < 1.29 is 23.4 Å². The van der Waals surface area contributed by atoms with Gasteiger partial charge in [-0.15, -0.1) is 0 Å². The summed E-state index contributed by atoms with van der Waals surface area (Å²) in [6.07, 6.45) is 0. The highest BCUT2D eigenvalue weighted by atomic mass is 16.5. The molecule has 0 aliphatic heterocycles. The highest BCUT2D eigenvalue weighted by Gasteiger charge is 2.14. The number of hydrogen-bond donors (Lipinski definition) is 3. The molecule has 2 rings (SSSR count). The number of benzene rings is 1. The fourth-order valence-corrected chi connectivity index (χ4v) is 2.25. The second kappa shape index (κ2) is 8.65. The highest BCUT2D eigenvalue weighted by Crippen LogP contribution is 2.39. The van der Waals surface area contributed by atoms with Gasteiger partial charge in [-0.25, -0.2) is 0 Å². The number of ether oxygens (including phenoxy) is 3. The third kappa shape index (κ3) is 4.38. The topological polar surface area (TPSA) is 120 Å². The lowest BCUT2D eigenvalue weighted by Crippen LogP contribution is -2.30. The van der Waals surface area contributed by atoms with Crippen LogP contribution in [-0.4, -0.2) is 40.2 Å². The van der Waals surface area contributed by atoms with E-state index in [4.69, 9.17) is 24.4 Å². The molecule has 1 heterocycles. The first kappa shape index (κ1) is 19.0. The van der Waals surface area contributed by atoms with Gasteiger partial charge in [-0.3, -0.25) is 9.79 Å². The molecule has 0 fully saturated rings. The van der Waals surface area contributed by atoms with E-state index in [2.05, 4.69) is 15.6 Å². The second-order valence-corrected chi connectivity index (χ2v) is 5.09. The Morgan fingerprint density at radius 1 is 1.15 bits per heavy atom. The Hall–Kier alpha value is -3.36. The van der Waals surface area contributed by atoms with Crippen molar-refractivity contribution in [3.05, 3.63) is 35.8 Å². The number of carbonyl (C=O) groups excluding carboxylic acids is 1. The third-order valence-electron chi connectivity index (χ3n) is 3.49. The fraction of sp³-hybridized carbons (Fsp3) is 0.294. The summed E-state index contributed by atoms with van der Waals surface area (Å²) >= 11 is 0. The van der Waals surface area contributed by atoms with Crippen LogP contribution in [0, 0.1) is 0 Å². The molecule has 9 nitrogen and oxygen atoms in total. The SMILES string of the molecule is CN=C(NCc1ccc(C(N)=O)o1)Nc1cc(OC)c(OC)c(OC)c1. The number of primary amides is 1. The number of methoxy groups -OCH3 is 3. The molecular weight excluding hydrogens is 340 g/mol. The lowest BCUT2D eigenvalue weighted by molar-refractivity contribution is 0.0972. The van der Waals surface area contributed by atoms with Gasteiger partial charge in [-0.05, 0) is 12.1 Å². The van der Waals surface area contributed by atoms with Gasteiger partial charge in [0.05, 0.1) is 27.9 Å². The smallest absolute Gasteiger partial charge is 0.284 e. The van der Waals surface area contributed by atoms with Crippen LogP contribution in [0.25, 0.3) is 0 Å². The number of nitrogens with zero attached hydrogens (tertiary/aromatic N) is 1. The molecule has 1 aromatic heterocycles. The zero-order valence-corrected chi connectivity index (χ0v) is 15.1. The number of aliphatic imine (C=N–C) groups is 1. The van der Waals surface area contributed by atoms with Crippen molar-refractivity contribution in [1.29, 1.82) is 0 Å². The molecule has 140 valence electrons. The average molecular weight is 362 g/mol. The van der Waals surface area contributed by atoms with Gasteiger partial charge < -0.3 is 35.0 Å². The Labute approximate surface area is 151 Å².